The van der Waals surface area contributed by atoms with E-state index in [4.69, 9.17) is 10.2 Å². The highest BCUT2D eigenvalue weighted by atomic mass is 79.9. The summed E-state index contributed by atoms with van der Waals surface area (Å²) < 4.78 is 45.4. The lowest BCUT2D eigenvalue weighted by molar-refractivity contribution is 0.0691. The Labute approximate surface area is 337 Å². The quantitative estimate of drug-likeness (QED) is 0.135. The van der Waals surface area contributed by atoms with Gasteiger partial charge in [0.25, 0.3) is 5.91 Å². The number of imidazole rings is 1. The Kier molecular flexibility index (Phi) is 13.6. The molecule has 1 aliphatic rings. The van der Waals surface area contributed by atoms with Gasteiger partial charge in [-0.15, -0.1) is 5.10 Å². The Bertz CT molecular complexity index is 2400. The van der Waals surface area contributed by atoms with Gasteiger partial charge < -0.3 is 20.1 Å². The topological polar surface area (TPSA) is 161 Å². The number of pyridine rings is 1. The van der Waals surface area contributed by atoms with Crippen LogP contribution < -0.4 is 5.32 Å². The minimum Gasteiger partial charge on any atom is -0.478 e. The van der Waals surface area contributed by atoms with Crippen LogP contribution in [0.3, 0.4) is 0 Å². The molecule has 0 atom stereocenters. The molecule has 0 unspecified atom stereocenters. The molecule has 17 heteroatoms. The molecule has 3 aromatic carbocycles. The third kappa shape index (κ3) is 10.1. The first kappa shape index (κ1) is 41.9. The number of nitrogens with one attached hydrogen (secondary N) is 1. The fourth-order valence-corrected chi connectivity index (χ4v) is 6.05. The lowest BCUT2D eigenvalue weighted by Gasteiger charge is -2.12. The molecule has 1 saturated carbocycles. The number of carboxylic acids is 1. The first-order valence-electron chi connectivity index (χ1n) is 17.2. The van der Waals surface area contributed by atoms with Crippen LogP contribution in [0.25, 0.3) is 17.2 Å². The summed E-state index contributed by atoms with van der Waals surface area (Å²) in [6, 6.07) is 13.5. The van der Waals surface area contributed by atoms with Gasteiger partial charge in [0.1, 0.15) is 29.0 Å². The van der Waals surface area contributed by atoms with Gasteiger partial charge >= 0.3 is 5.97 Å². The highest BCUT2D eigenvalue weighted by Gasteiger charge is 2.26. The number of hydrogen-bond acceptors (Lipinski definition) is 8. The van der Waals surface area contributed by atoms with Gasteiger partial charge in [0.15, 0.2) is 0 Å². The molecule has 0 bridgehead atoms. The number of aliphatic hydroxyl groups is 1. The molecule has 56 heavy (non-hydrogen) atoms. The van der Waals surface area contributed by atoms with E-state index in [2.05, 4.69) is 62.7 Å². The molecule has 292 valence electrons. The molecule has 0 saturated heterocycles. The molecule has 7 rings (SSSR count). The van der Waals surface area contributed by atoms with Gasteiger partial charge in [-0.1, -0.05) is 37.9 Å². The first-order chi connectivity index (χ1) is 26.6. The SMILES string of the molecule is Cc1cc(F)c(C(=O)Nc2cccc(-c3nnnn3C(C)C)n2)cc1-n1cnc(C2CC2)c1.Cc1cc(F)c(C(=O)O)cc1Br.Cc1cc(F)c(CO)cc1Br. The molecule has 3 aromatic heterocycles. The van der Waals surface area contributed by atoms with Crippen molar-refractivity contribution in [1.29, 1.82) is 0 Å². The molecular formula is C39H37Br2F3N8O4. The van der Waals surface area contributed by atoms with Crippen LogP contribution in [0.4, 0.5) is 19.0 Å². The Morgan fingerprint density at radius 2 is 1.55 bits per heavy atom. The van der Waals surface area contributed by atoms with Crippen LogP contribution >= 0.6 is 31.9 Å². The number of aromatic carboxylic acids is 1. The lowest BCUT2D eigenvalue weighted by atomic mass is 10.1. The van der Waals surface area contributed by atoms with E-state index in [0.29, 0.717) is 44.3 Å². The normalized spacial score (nSPS) is 12.1. The second-order valence-electron chi connectivity index (χ2n) is 13.2. The summed E-state index contributed by atoms with van der Waals surface area (Å²) in [5, 5.41) is 31.6. The van der Waals surface area contributed by atoms with Crippen LogP contribution in [0.1, 0.15) is 87.3 Å². The number of anilines is 1. The van der Waals surface area contributed by atoms with E-state index in [0.717, 1.165) is 28.6 Å². The van der Waals surface area contributed by atoms with Crippen molar-refractivity contribution in [1.82, 2.24) is 34.7 Å². The number of halogens is 5. The van der Waals surface area contributed by atoms with Crippen LogP contribution in [-0.2, 0) is 6.61 Å². The van der Waals surface area contributed by atoms with Crippen LogP contribution in [0.15, 0.2) is 76.1 Å². The summed E-state index contributed by atoms with van der Waals surface area (Å²) in [6.45, 7) is 8.95. The van der Waals surface area contributed by atoms with Crippen molar-refractivity contribution < 1.29 is 33.0 Å². The Hall–Kier alpha value is -5.26. The third-order valence-electron chi connectivity index (χ3n) is 8.59. The van der Waals surface area contributed by atoms with Gasteiger partial charge in [-0.05, 0) is 123 Å². The van der Waals surface area contributed by atoms with Crippen molar-refractivity contribution in [2.45, 2.75) is 66.0 Å². The minimum atomic E-state index is -1.26. The summed E-state index contributed by atoms with van der Waals surface area (Å²) in [4.78, 5) is 32.3. The molecule has 12 nitrogen and oxygen atoms in total. The lowest BCUT2D eigenvalue weighted by Crippen LogP contribution is -2.16. The van der Waals surface area contributed by atoms with Gasteiger partial charge in [-0.3, -0.25) is 4.79 Å². The zero-order valence-electron chi connectivity index (χ0n) is 30.9. The fraction of sp³-hybridized carbons (Fsp3) is 0.256. The molecule has 3 heterocycles. The van der Waals surface area contributed by atoms with Crippen LogP contribution in [0.2, 0.25) is 0 Å². The standard InChI is InChI=1S/C23H23FN8O.C8H6BrFO2.C8H8BrFO/c1-13(2)32-22(28-29-30-32)18-5-4-6-21(26-18)27-23(33)16-10-20(14(3)9-17(16)24)31-11-19(25-12-31)15-7-8-15;1-4-2-7(10)5(8(11)12)3-6(4)9;1-5-2-8(10)6(4-11)3-7(5)9/h4-6,9-13,15H,7-8H2,1-3H3,(H,26,27,33);2-3H,1H3,(H,11,12);2-3,11H,4H2,1H3. The second-order valence-corrected chi connectivity index (χ2v) is 14.9. The van der Waals surface area contributed by atoms with Crippen LogP contribution in [-0.4, -0.2) is 56.8 Å². The Morgan fingerprint density at radius 3 is 2.20 bits per heavy atom. The van der Waals surface area contributed by atoms with E-state index < -0.39 is 23.5 Å². The van der Waals surface area contributed by atoms with E-state index in [-0.39, 0.29) is 35.4 Å². The average Bonchev–Trinajstić information content (AvgIpc) is 3.65. The Balaban J connectivity index is 0.000000213. The highest BCUT2D eigenvalue weighted by Crippen LogP contribution is 2.39. The summed E-state index contributed by atoms with van der Waals surface area (Å²) in [6.07, 6.45) is 5.94. The van der Waals surface area contributed by atoms with Crippen molar-refractivity contribution in [3.8, 4) is 17.2 Å². The summed E-state index contributed by atoms with van der Waals surface area (Å²) in [5.41, 5.74) is 4.39. The number of benzene rings is 3. The van der Waals surface area contributed by atoms with Crippen molar-refractivity contribution in [2.24, 2.45) is 0 Å². The molecule has 0 radical (unpaired) electrons. The number of rotatable bonds is 8. The predicted molar refractivity (Wildman–Crippen MR) is 210 cm³/mol. The van der Waals surface area contributed by atoms with Gasteiger partial charge in [-0.25, -0.2) is 32.6 Å². The number of amides is 1. The molecule has 1 fully saturated rings. The van der Waals surface area contributed by atoms with Crippen molar-refractivity contribution in [3.63, 3.8) is 0 Å². The van der Waals surface area contributed by atoms with Gasteiger partial charge in [0.2, 0.25) is 5.82 Å². The van der Waals surface area contributed by atoms with Crippen molar-refractivity contribution >= 4 is 49.6 Å². The average molecular weight is 899 g/mol. The molecule has 0 spiro atoms. The number of aryl methyl sites for hydroxylation is 3. The minimum absolute atomic E-state index is 0.0405. The fourth-order valence-electron chi connectivity index (χ4n) is 5.31. The summed E-state index contributed by atoms with van der Waals surface area (Å²) >= 11 is 6.36. The van der Waals surface area contributed by atoms with Crippen LogP contribution in [0.5, 0.6) is 0 Å². The number of nitrogens with zero attached hydrogens (tertiary/aromatic N) is 7. The first-order valence-corrected chi connectivity index (χ1v) is 18.8. The van der Waals surface area contributed by atoms with E-state index in [1.54, 1.807) is 62.1 Å². The summed E-state index contributed by atoms with van der Waals surface area (Å²) in [5.74, 6) is -2.25. The number of aliphatic hydroxyl groups excluding tert-OH is 1. The third-order valence-corrected chi connectivity index (χ3v) is 10.3. The molecule has 0 aliphatic heterocycles. The van der Waals surface area contributed by atoms with E-state index in [1.165, 1.54) is 24.3 Å². The predicted octanol–water partition coefficient (Wildman–Crippen LogP) is 9.06. The van der Waals surface area contributed by atoms with Crippen molar-refractivity contribution in [2.75, 3.05) is 5.32 Å². The van der Waals surface area contributed by atoms with E-state index in [9.17, 15) is 22.8 Å². The highest BCUT2D eigenvalue weighted by molar-refractivity contribution is 9.10. The van der Waals surface area contributed by atoms with Gasteiger partial charge in [0.05, 0.1) is 41.5 Å². The molecule has 1 aliphatic carbocycles. The Morgan fingerprint density at radius 1 is 0.911 bits per heavy atom. The monoisotopic (exact) mass is 896 g/mol. The van der Waals surface area contributed by atoms with E-state index >= 15 is 0 Å². The zero-order chi connectivity index (χ0) is 40.8. The van der Waals surface area contributed by atoms with Gasteiger partial charge in [-0.2, -0.15) is 0 Å². The molecule has 6 aromatic rings. The maximum absolute atomic E-state index is 14.8. The number of tetrazole rings is 1. The molecule has 1 amide bonds. The largest absolute Gasteiger partial charge is 0.478 e. The smallest absolute Gasteiger partial charge is 0.338 e. The summed E-state index contributed by atoms with van der Waals surface area (Å²) in [7, 11) is 0. The van der Waals surface area contributed by atoms with E-state index in [1.807, 2.05) is 24.6 Å². The van der Waals surface area contributed by atoms with Crippen LogP contribution in [0, 0.1) is 38.2 Å². The van der Waals surface area contributed by atoms with Gasteiger partial charge in [0, 0.05) is 26.6 Å². The number of carbonyl (C=O) groups excluding carboxylic acids is 1. The maximum atomic E-state index is 14.8. The number of hydrogen-bond donors (Lipinski definition) is 3. The second kappa shape index (κ2) is 18.1. The maximum Gasteiger partial charge on any atom is 0.338 e. The van der Waals surface area contributed by atoms with Crippen molar-refractivity contribution in [3.05, 3.63) is 133 Å². The molecular weight excluding hydrogens is 861 g/mol. The zero-order valence-corrected chi connectivity index (χ0v) is 34.0. The number of carboxylic acid groups (broad SMARTS) is 1. The molecule has 3 N–H and O–H groups in total. The number of carbonyl (C=O) groups is 2. The number of aromatic nitrogens is 7.